The Bertz CT molecular complexity index is 985. The third kappa shape index (κ3) is 2.65. The van der Waals surface area contributed by atoms with Crippen LogP contribution in [0.2, 0.25) is 0 Å². The minimum Gasteiger partial charge on any atom is -0.355 e. The Hall–Kier alpha value is -2.83. The Balaban J connectivity index is 1.32. The lowest BCUT2D eigenvalue weighted by atomic mass is 10.00. The molecule has 2 fully saturated rings. The Morgan fingerprint density at radius 1 is 1.08 bits per heavy atom. The zero-order chi connectivity index (χ0) is 16.8. The molecule has 0 spiro atoms. The summed E-state index contributed by atoms with van der Waals surface area (Å²) >= 11 is 0. The first-order valence-corrected chi connectivity index (χ1v) is 8.66. The fraction of sp³-hybridized carbons (Fsp3) is 0.389. The minimum absolute atomic E-state index is 0.0143. The second-order valence-electron chi connectivity index (χ2n) is 6.90. The molecule has 1 aliphatic heterocycles. The first kappa shape index (κ1) is 14.5. The van der Waals surface area contributed by atoms with Gasteiger partial charge in [0.1, 0.15) is 12.1 Å². The average Bonchev–Trinajstić information content (AvgIpc) is 3.44. The van der Waals surface area contributed by atoms with E-state index in [0.717, 1.165) is 30.0 Å². The highest BCUT2D eigenvalue weighted by Crippen LogP contribution is 2.38. The van der Waals surface area contributed by atoms with E-state index in [9.17, 15) is 4.79 Å². The van der Waals surface area contributed by atoms with Gasteiger partial charge in [0.2, 0.25) is 0 Å². The van der Waals surface area contributed by atoms with E-state index in [-0.39, 0.29) is 5.56 Å². The van der Waals surface area contributed by atoms with Crippen molar-refractivity contribution in [3.8, 4) is 0 Å². The first-order chi connectivity index (χ1) is 12.3. The number of anilines is 1. The molecule has 0 atom stereocenters. The molecule has 25 heavy (non-hydrogen) atoms. The van der Waals surface area contributed by atoms with Crippen molar-refractivity contribution in [1.82, 2.24) is 24.7 Å². The van der Waals surface area contributed by atoms with Crippen molar-refractivity contribution in [1.29, 1.82) is 0 Å². The van der Waals surface area contributed by atoms with Gasteiger partial charge in [0.05, 0.1) is 17.6 Å². The molecule has 1 saturated carbocycles. The molecule has 7 heteroatoms. The lowest BCUT2D eigenvalue weighted by Crippen LogP contribution is -2.50. The van der Waals surface area contributed by atoms with Gasteiger partial charge >= 0.3 is 0 Å². The zero-order valence-electron chi connectivity index (χ0n) is 13.7. The van der Waals surface area contributed by atoms with E-state index < -0.39 is 0 Å². The van der Waals surface area contributed by atoms with Crippen LogP contribution in [-0.4, -0.2) is 37.8 Å². The van der Waals surface area contributed by atoms with Crippen LogP contribution in [0.1, 0.15) is 24.5 Å². The number of aromatic nitrogens is 5. The highest BCUT2D eigenvalue weighted by atomic mass is 16.1. The second kappa shape index (κ2) is 5.61. The number of rotatable bonds is 4. The van der Waals surface area contributed by atoms with Crippen molar-refractivity contribution in [2.75, 3.05) is 18.0 Å². The van der Waals surface area contributed by atoms with Crippen LogP contribution in [0, 0.1) is 5.92 Å². The van der Waals surface area contributed by atoms with Gasteiger partial charge in [0, 0.05) is 37.2 Å². The number of hydrogen-bond acceptors (Lipinski definition) is 6. The maximum absolute atomic E-state index is 12.1. The molecular formula is C18H18N6O. The molecule has 1 saturated heterocycles. The molecule has 0 unspecified atom stereocenters. The van der Waals surface area contributed by atoms with Gasteiger partial charge in [-0.3, -0.25) is 4.79 Å². The average molecular weight is 334 g/mol. The summed E-state index contributed by atoms with van der Waals surface area (Å²) in [5.74, 6) is 1.88. The quantitative estimate of drug-likeness (QED) is 0.721. The minimum atomic E-state index is -0.0143. The van der Waals surface area contributed by atoms with E-state index in [4.69, 9.17) is 0 Å². The van der Waals surface area contributed by atoms with Gasteiger partial charge in [-0.05, 0) is 31.0 Å². The molecular weight excluding hydrogens is 316 g/mol. The molecule has 0 amide bonds. The fourth-order valence-corrected chi connectivity index (χ4v) is 3.43. The molecule has 7 nitrogen and oxygen atoms in total. The summed E-state index contributed by atoms with van der Waals surface area (Å²) in [6, 6.07) is 7.43. The molecule has 5 rings (SSSR count). The summed E-state index contributed by atoms with van der Waals surface area (Å²) in [6.07, 6.45) is 5.68. The molecule has 0 radical (unpaired) electrons. The highest BCUT2D eigenvalue weighted by molar-refractivity contribution is 5.86. The molecule has 4 heterocycles. The Kier molecular flexibility index (Phi) is 3.26. The summed E-state index contributed by atoms with van der Waals surface area (Å²) in [7, 11) is 0. The van der Waals surface area contributed by atoms with Crippen molar-refractivity contribution >= 4 is 16.9 Å². The number of fused-ring (bicyclic) bond motifs is 1. The van der Waals surface area contributed by atoms with Crippen LogP contribution in [0.5, 0.6) is 0 Å². The van der Waals surface area contributed by atoms with E-state index in [1.807, 2.05) is 18.2 Å². The van der Waals surface area contributed by atoms with E-state index >= 15 is 0 Å². The topological polar surface area (TPSA) is 76.8 Å². The summed E-state index contributed by atoms with van der Waals surface area (Å²) in [5.41, 5.74) is 1.76. The van der Waals surface area contributed by atoms with Crippen LogP contribution in [-0.2, 0) is 6.54 Å². The SMILES string of the molecule is O=c1ccc(C2CC2)nn1CC1CN(c2ncnc3ncccc23)C1. The fourth-order valence-electron chi connectivity index (χ4n) is 3.43. The van der Waals surface area contributed by atoms with Crippen LogP contribution in [0.3, 0.4) is 0 Å². The van der Waals surface area contributed by atoms with Gasteiger partial charge in [-0.15, -0.1) is 0 Å². The molecule has 3 aromatic rings. The summed E-state index contributed by atoms with van der Waals surface area (Å²) in [6.45, 7) is 2.39. The number of pyridine rings is 1. The maximum Gasteiger partial charge on any atom is 0.266 e. The lowest BCUT2D eigenvalue weighted by molar-refractivity contribution is 0.332. The first-order valence-electron chi connectivity index (χ1n) is 8.66. The summed E-state index contributed by atoms with van der Waals surface area (Å²) < 4.78 is 1.63. The molecule has 0 aromatic carbocycles. The number of nitrogens with zero attached hydrogens (tertiary/aromatic N) is 6. The van der Waals surface area contributed by atoms with Crippen molar-refractivity contribution in [2.24, 2.45) is 5.92 Å². The van der Waals surface area contributed by atoms with E-state index in [0.29, 0.717) is 24.0 Å². The summed E-state index contributed by atoms with van der Waals surface area (Å²) in [4.78, 5) is 27.2. The summed E-state index contributed by atoms with van der Waals surface area (Å²) in [5, 5.41) is 5.52. The molecule has 3 aromatic heterocycles. The zero-order valence-corrected chi connectivity index (χ0v) is 13.7. The Morgan fingerprint density at radius 3 is 2.80 bits per heavy atom. The van der Waals surface area contributed by atoms with E-state index in [1.54, 1.807) is 23.3 Å². The monoisotopic (exact) mass is 334 g/mol. The van der Waals surface area contributed by atoms with E-state index in [1.165, 1.54) is 12.8 Å². The smallest absolute Gasteiger partial charge is 0.266 e. The molecule has 0 N–H and O–H groups in total. The standard InChI is InChI=1S/C18H18N6O/c25-16-6-5-15(13-3-4-13)22-24(16)10-12-8-23(9-12)18-14-2-1-7-19-17(14)20-11-21-18/h1-2,5-7,11-13H,3-4,8-10H2. The van der Waals surface area contributed by atoms with Crippen molar-refractivity contribution in [3.05, 3.63) is 52.8 Å². The molecule has 1 aliphatic carbocycles. The van der Waals surface area contributed by atoms with Gasteiger partial charge in [-0.1, -0.05) is 0 Å². The van der Waals surface area contributed by atoms with Crippen LogP contribution in [0.15, 0.2) is 41.6 Å². The van der Waals surface area contributed by atoms with Gasteiger partial charge in [-0.2, -0.15) is 5.10 Å². The van der Waals surface area contributed by atoms with Crippen LogP contribution >= 0.6 is 0 Å². The van der Waals surface area contributed by atoms with Crippen LogP contribution < -0.4 is 10.5 Å². The second-order valence-corrected chi connectivity index (χ2v) is 6.90. The predicted molar refractivity (Wildman–Crippen MR) is 93.5 cm³/mol. The van der Waals surface area contributed by atoms with Gasteiger partial charge in [-0.25, -0.2) is 19.6 Å². The molecule has 126 valence electrons. The third-order valence-electron chi connectivity index (χ3n) is 4.96. The third-order valence-corrected chi connectivity index (χ3v) is 4.96. The Labute approximate surface area is 144 Å². The maximum atomic E-state index is 12.1. The van der Waals surface area contributed by atoms with Crippen molar-refractivity contribution in [2.45, 2.75) is 25.3 Å². The molecule has 2 aliphatic rings. The van der Waals surface area contributed by atoms with Crippen LogP contribution in [0.4, 0.5) is 5.82 Å². The predicted octanol–water partition coefficient (Wildman–Crippen LogP) is 1.60. The van der Waals surface area contributed by atoms with Gasteiger partial charge in [0.15, 0.2) is 5.65 Å². The van der Waals surface area contributed by atoms with E-state index in [2.05, 4.69) is 25.0 Å². The highest BCUT2D eigenvalue weighted by Gasteiger charge is 2.31. The Morgan fingerprint density at radius 2 is 1.96 bits per heavy atom. The lowest BCUT2D eigenvalue weighted by Gasteiger charge is -2.40. The largest absolute Gasteiger partial charge is 0.355 e. The molecule has 0 bridgehead atoms. The van der Waals surface area contributed by atoms with Crippen molar-refractivity contribution < 1.29 is 0 Å². The number of hydrogen-bond donors (Lipinski definition) is 0. The normalized spacial score (nSPS) is 17.7. The van der Waals surface area contributed by atoms with Gasteiger partial charge in [0.25, 0.3) is 5.56 Å². The van der Waals surface area contributed by atoms with Gasteiger partial charge < -0.3 is 4.90 Å². The van der Waals surface area contributed by atoms with Crippen LogP contribution in [0.25, 0.3) is 11.0 Å². The van der Waals surface area contributed by atoms with Crippen molar-refractivity contribution in [3.63, 3.8) is 0 Å².